The third kappa shape index (κ3) is 1.17. The molecular formula is C5H4N4S. The quantitative estimate of drug-likeness (QED) is 0.490. The molecule has 0 bridgehead atoms. The highest BCUT2D eigenvalue weighted by atomic mass is 32.1. The van der Waals surface area contributed by atoms with Crippen LogP contribution in [-0.4, -0.2) is 17.2 Å². The third-order valence-electron chi connectivity index (χ3n) is 1.02. The lowest BCUT2D eigenvalue weighted by atomic mass is 10.2. The van der Waals surface area contributed by atoms with E-state index >= 15 is 0 Å². The van der Waals surface area contributed by atoms with E-state index in [1.807, 2.05) is 6.07 Å². The van der Waals surface area contributed by atoms with E-state index in [-0.39, 0.29) is 10.9 Å². The summed E-state index contributed by atoms with van der Waals surface area (Å²) >= 11 is 4.61. The first-order chi connectivity index (χ1) is 4.74. The van der Waals surface area contributed by atoms with Crippen molar-refractivity contribution in [3.05, 3.63) is 0 Å². The van der Waals surface area contributed by atoms with Crippen molar-refractivity contribution in [1.82, 2.24) is 0 Å². The first-order valence-electron chi connectivity index (χ1n) is 2.56. The van der Waals surface area contributed by atoms with E-state index in [9.17, 15) is 0 Å². The molecule has 0 aromatic rings. The molecule has 10 heavy (non-hydrogen) atoms. The molecule has 0 spiro atoms. The number of rotatable bonds is 0. The summed E-state index contributed by atoms with van der Waals surface area (Å²) in [5.74, 6) is -0.283. The first-order valence-corrected chi connectivity index (χ1v) is 2.96. The van der Waals surface area contributed by atoms with E-state index < -0.39 is 5.92 Å². The summed E-state index contributed by atoms with van der Waals surface area (Å²) in [4.78, 5) is 7.29. The molecule has 1 rings (SSSR count). The summed E-state index contributed by atoms with van der Waals surface area (Å²) in [5, 5.41) is 8.59. The summed E-state index contributed by atoms with van der Waals surface area (Å²) in [6.07, 6.45) is 1.39. The summed E-state index contributed by atoms with van der Waals surface area (Å²) in [7, 11) is 0. The Morgan fingerprint density at radius 1 is 1.80 bits per heavy atom. The summed E-state index contributed by atoms with van der Waals surface area (Å²) < 4.78 is 0. The molecule has 0 aromatic carbocycles. The highest BCUT2D eigenvalue weighted by Gasteiger charge is 2.13. The second-order valence-electron chi connectivity index (χ2n) is 1.70. The zero-order valence-corrected chi connectivity index (χ0v) is 5.80. The number of thiocarbonyl (C=S) groups is 1. The van der Waals surface area contributed by atoms with Crippen LogP contribution in [0.1, 0.15) is 0 Å². The number of nitriles is 1. The lowest BCUT2D eigenvalue weighted by molar-refractivity contribution is 1.18. The molecule has 1 aliphatic rings. The molecule has 1 heterocycles. The van der Waals surface area contributed by atoms with Crippen molar-refractivity contribution in [1.29, 1.82) is 5.26 Å². The molecule has 50 valence electrons. The van der Waals surface area contributed by atoms with E-state index in [1.165, 1.54) is 6.21 Å². The number of aliphatic imine (C=N–C) groups is 2. The highest BCUT2D eigenvalue weighted by Crippen LogP contribution is 1.99. The van der Waals surface area contributed by atoms with E-state index in [0.29, 0.717) is 0 Å². The van der Waals surface area contributed by atoms with Crippen molar-refractivity contribution in [3.63, 3.8) is 0 Å². The Morgan fingerprint density at radius 2 is 2.50 bits per heavy atom. The molecule has 5 heteroatoms. The van der Waals surface area contributed by atoms with Crippen molar-refractivity contribution < 1.29 is 0 Å². The molecule has 1 atom stereocenters. The maximum Gasteiger partial charge on any atom is 0.220 e. The van der Waals surface area contributed by atoms with Crippen LogP contribution in [0.5, 0.6) is 0 Å². The van der Waals surface area contributed by atoms with Crippen molar-refractivity contribution in [2.24, 2.45) is 21.6 Å². The predicted molar refractivity (Wildman–Crippen MR) is 41.8 cm³/mol. The Kier molecular flexibility index (Phi) is 1.73. The van der Waals surface area contributed by atoms with Crippen LogP contribution in [-0.2, 0) is 0 Å². The van der Waals surface area contributed by atoms with Gasteiger partial charge in [0.2, 0.25) is 5.11 Å². The molecule has 0 fully saturated rings. The SMILES string of the molecule is N#CC1C=NC(=S)N=C1N. The fourth-order valence-corrected chi connectivity index (χ4v) is 0.689. The van der Waals surface area contributed by atoms with Crippen molar-refractivity contribution in [2.75, 3.05) is 0 Å². The number of amidine groups is 1. The van der Waals surface area contributed by atoms with Gasteiger partial charge in [0.05, 0.1) is 6.07 Å². The van der Waals surface area contributed by atoms with Gasteiger partial charge in [0.1, 0.15) is 11.8 Å². The third-order valence-corrected chi connectivity index (χ3v) is 1.21. The minimum absolute atomic E-state index is 0.184. The Labute approximate surface area is 63.1 Å². The van der Waals surface area contributed by atoms with E-state index in [1.54, 1.807) is 0 Å². The van der Waals surface area contributed by atoms with Crippen molar-refractivity contribution in [2.45, 2.75) is 0 Å². The molecule has 0 saturated carbocycles. The van der Waals surface area contributed by atoms with Crippen LogP contribution in [0, 0.1) is 17.2 Å². The minimum atomic E-state index is -0.508. The van der Waals surface area contributed by atoms with Crippen LogP contribution in [0.4, 0.5) is 0 Å². The predicted octanol–water partition coefficient (Wildman–Crippen LogP) is -0.147. The molecule has 4 nitrogen and oxygen atoms in total. The largest absolute Gasteiger partial charge is 0.386 e. The van der Waals surface area contributed by atoms with Gasteiger partial charge in [-0.1, -0.05) is 0 Å². The maximum atomic E-state index is 8.40. The van der Waals surface area contributed by atoms with Crippen LogP contribution in [0.2, 0.25) is 0 Å². The van der Waals surface area contributed by atoms with Gasteiger partial charge in [0.15, 0.2) is 0 Å². The van der Waals surface area contributed by atoms with Gasteiger partial charge in [0, 0.05) is 6.21 Å². The Bertz CT molecular complexity index is 259. The lowest BCUT2D eigenvalue weighted by Gasteiger charge is -2.05. The van der Waals surface area contributed by atoms with Crippen molar-refractivity contribution >= 4 is 29.4 Å². The normalized spacial score (nSPS) is 23.7. The number of nitrogens with zero attached hydrogens (tertiary/aromatic N) is 3. The average Bonchev–Trinajstić information content (AvgIpc) is 1.88. The molecule has 1 unspecified atom stereocenters. The molecule has 0 radical (unpaired) electrons. The van der Waals surface area contributed by atoms with Gasteiger partial charge in [-0.25, -0.2) is 9.98 Å². The van der Waals surface area contributed by atoms with Gasteiger partial charge in [-0.15, -0.1) is 0 Å². The second kappa shape index (κ2) is 2.54. The number of hydrogen-bond donors (Lipinski definition) is 1. The Balaban J connectivity index is 2.88. The van der Waals surface area contributed by atoms with Crippen LogP contribution in [0.25, 0.3) is 0 Å². The topological polar surface area (TPSA) is 74.5 Å². The molecule has 2 N–H and O–H groups in total. The Morgan fingerprint density at radius 3 is 3.00 bits per heavy atom. The number of hydrogen-bond acceptors (Lipinski definition) is 3. The van der Waals surface area contributed by atoms with Crippen LogP contribution in [0.3, 0.4) is 0 Å². The van der Waals surface area contributed by atoms with Gasteiger partial charge >= 0.3 is 0 Å². The average molecular weight is 152 g/mol. The summed E-state index contributed by atoms with van der Waals surface area (Å²) in [6, 6.07) is 1.91. The van der Waals surface area contributed by atoms with Gasteiger partial charge < -0.3 is 5.73 Å². The van der Waals surface area contributed by atoms with Gasteiger partial charge in [-0.2, -0.15) is 5.26 Å². The second-order valence-corrected chi connectivity index (χ2v) is 2.07. The molecule has 0 saturated heterocycles. The number of nitrogens with two attached hydrogens (primary N) is 1. The summed E-state index contributed by atoms with van der Waals surface area (Å²) in [5.41, 5.74) is 5.33. The highest BCUT2D eigenvalue weighted by molar-refractivity contribution is 7.80. The zero-order chi connectivity index (χ0) is 7.56. The lowest BCUT2D eigenvalue weighted by Crippen LogP contribution is -2.27. The molecule has 1 aliphatic heterocycles. The monoisotopic (exact) mass is 152 g/mol. The fraction of sp³-hybridized carbons (Fsp3) is 0.200. The van der Waals surface area contributed by atoms with Gasteiger partial charge in [0.25, 0.3) is 0 Å². The smallest absolute Gasteiger partial charge is 0.220 e. The molecule has 0 amide bonds. The summed E-state index contributed by atoms with van der Waals surface area (Å²) in [6.45, 7) is 0. The molecule has 0 aromatic heterocycles. The Hall–Kier alpha value is -1.28. The zero-order valence-electron chi connectivity index (χ0n) is 4.98. The van der Waals surface area contributed by atoms with Gasteiger partial charge in [-0.05, 0) is 12.2 Å². The maximum absolute atomic E-state index is 8.40. The van der Waals surface area contributed by atoms with E-state index in [0.717, 1.165) is 0 Å². The first kappa shape index (κ1) is 6.83. The van der Waals surface area contributed by atoms with Crippen LogP contribution >= 0.6 is 12.2 Å². The molecule has 0 aliphatic carbocycles. The molecular weight excluding hydrogens is 148 g/mol. The fourth-order valence-electron chi connectivity index (χ4n) is 0.523. The van der Waals surface area contributed by atoms with Crippen molar-refractivity contribution in [3.8, 4) is 6.07 Å². The van der Waals surface area contributed by atoms with E-state index in [2.05, 4.69) is 22.2 Å². The van der Waals surface area contributed by atoms with Crippen LogP contribution in [0.15, 0.2) is 9.98 Å². The van der Waals surface area contributed by atoms with E-state index in [4.69, 9.17) is 11.0 Å². The van der Waals surface area contributed by atoms with Gasteiger partial charge in [-0.3, -0.25) is 0 Å². The standard InChI is InChI=1S/C5H4N4S/c6-1-3-2-8-5(10)9-4(3)7/h2-3H,(H2,7,9,10). The minimum Gasteiger partial charge on any atom is -0.386 e. The van der Waals surface area contributed by atoms with Crippen LogP contribution < -0.4 is 5.73 Å².